The van der Waals surface area contributed by atoms with Crippen molar-refractivity contribution in [1.82, 2.24) is 15.6 Å². The fourth-order valence-electron chi connectivity index (χ4n) is 3.29. The zero-order chi connectivity index (χ0) is 23.9. The quantitative estimate of drug-likeness (QED) is 0.446. The number of anilines is 1. The molecule has 3 amide bonds. The fraction of sp³-hybridized carbons (Fsp3) is 0.571. The van der Waals surface area contributed by atoms with E-state index >= 15 is 0 Å². The number of nitrogens with one attached hydrogen (secondary N) is 3. The Balaban J connectivity index is 2.05. The topological polar surface area (TPSA) is 136 Å². The summed E-state index contributed by atoms with van der Waals surface area (Å²) in [6.45, 7) is 7.14. The Morgan fingerprint density at radius 1 is 1.09 bits per heavy atom. The minimum absolute atomic E-state index is 0.170. The summed E-state index contributed by atoms with van der Waals surface area (Å²) >= 11 is 5.76. The van der Waals surface area contributed by atoms with Crippen LogP contribution in [0.25, 0.3) is 0 Å². The first kappa shape index (κ1) is 25.4. The molecule has 0 radical (unpaired) electrons. The highest BCUT2D eigenvalue weighted by Gasteiger charge is 2.37. The molecule has 3 N–H and O–H groups in total. The maximum atomic E-state index is 12.4. The molecule has 0 bridgehead atoms. The second kappa shape index (κ2) is 11.1. The van der Waals surface area contributed by atoms with E-state index < -0.39 is 41.5 Å². The lowest BCUT2D eigenvalue weighted by molar-refractivity contribution is -0.149. The highest BCUT2D eigenvalue weighted by Crippen LogP contribution is 2.26. The number of halogens is 1. The van der Waals surface area contributed by atoms with E-state index in [2.05, 4.69) is 20.9 Å². The summed E-state index contributed by atoms with van der Waals surface area (Å²) in [6.07, 6.45) is 1.70. The average Bonchev–Trinajstić information content (AvgIpc) is 2.69. The minimum Gasteiger partial charge on any atom is -0.466 e. The lowest BCUT2D eigenvalue weighted by atomic mass is 9.82. The Labute approximate surface area is 191 Å². The largest absolute Gasteiger partial charge is 0.466 e. The molecule has 32 heavy (non-hydrogen) atoms. The molecule has 2 rings (SSSR count). The van der Waals surface area contributed by atoms with Crippen LogP contribution in [0.3, 0.4) is 0 Å². The standard InChI is InChI=1S/C21H29ClN4O6/c1-5-31-19(29)12-6-8-14(15(10-12)25-20(30)32-21(2,3)4)24-17(27)18(28)26-16-9-7-13(22)11-23-16/h7,9,11-12,14-15H,5-6,8,10H2,1-4H3,(H,24,27)(H,25,30)(H,23,26,28)/t12-,14+,15+/m0/s1. The number of carbonyl (C=O) groups is 4. The highest BCUT2D eigenvalue weighted by atomic mass is 35.5. The molecule has 1 aromatic rings. The summed E-state index contributed by atoms with van der Waals surface area (Å²) in [5, 5.41) is 8.12. The van der Waals surface area contributed by atoms with Crippen molar-refractivity contribution in [1.29, 1.82) is 0 Å². The van der Waals surface area contributed by atoms with Crippen LogP contribution in [0.1, 0.15) is 47.0 Å². The van der Waals surface area contributed by atoms with E-state index in [0.29, 0.717) is 17.9 Å². The maximum absolute atomic E-state index is 12.4. The van der Waals surface area contributed by atoms with Crippen molar-refractivity contribution in [2.45, 2.75) is 64.6 Å². The Kier molecular flexibility index (Phi) is 8.82. The maximum Gasteiger partial charge on any atom is 0.407 e. The molecule has 0 spiro atoms. The average molecular weight is 469 g/mol. The van der Waals surface area contributed by atoms with E-state index in [1.54, 1.807) is 27.7 Å². The molecule has 0 unspecified atom stereocenters. The third-order valence-electron chi connectivity index (χ3n) is 4.66. The summed E-state index contributed by atoms with van der Waals surface area (Å²) in [6, 6.07) is 1.78. The van der Waals surface area contributed by atoms with E-state index in [0.717, 1.165) is 0 Å². The minimum atomic E-state index is -0.914. The predicted octanol–water partition coefficient (Wildman–Crippen LogP) is 2.41. The Morgan fingerprint density at radius 2 is 1.81 bits per heavy atom. The van der Waals surface area contributed by atoms with Gasteiger partial charge in [-0.05, 0) is 59.1 Å². The lowest BCUT2D eigenvalue weighted by Gasteiger charge is -2.36. The van der Waals surface area contributed by atoms with Gasteiger partial charge in [0.15, 0.2) is 0 Å². The summed E-state index contributed by atoms with van der Waals surface area (Å²) in [5.74, 6) is -2.43. The fourth-order valence-corrected chi connectivity index (χ4v) is 3.40. The van der Waals surface area contributed by atoms with Crippen LogP contribution < -0.4 is 16.0 Å². The number of rotatable bonds is 5. The molecule has 10 nitrogen and oxygen atoms in total. The first-order chi connectivity index (χ1) is 15.0. The van der Waals surface area contributed by atoms with Crippen LogP contribution in [-0.4, -0.2) is 53.2 Å². The van der Waals surface area contributed by atoms with Gasteiger partial charge in [0, 0.05) is 12.2 Å². The van der Waals surface area contributed by atoms with Gasteiger partial charge in [-0.3, -0.25) is 14.4 Å². The lowest BCUT2D eigenvalue weighted by Crippen LogP contribution is -2.57. The van der Waals surface area contributed by atoms with Gasteiger partial charge in [0.1, 0.15) is 11.4 Å². The van der Waals surface area contributed by atoms with Gasteiger partial charge >= 0.3 is 23.9 Å². The predicted molar refractivity (Wildman–Crippen MR) is 117 cm³/mol. The van der Waals surface area contributed by atoms with Crippen molar-refractivity contribution in [3.8, 4) is 0 Å². The first-order valence-corrected chi connectivity index (χ1v) is 10.8. The van der Waals surface area contributed by atoms with Crippen LogP contribution in [-0.2, 0) is 23.9 Å². The smallest absolute Gasteiger partial charge is 0.407 e. The van der Waals surface area contributed by atoms with Crippen LogP contribution >= 0.6 is 11.6 Å². The molecule has 176 valence electrons. The third kappa shape index (κ3) is 7.99. The van der Waals surface area contributed by atoms with Crippen LogP contribution in [0, 0.1) is 5.92 Å². The van der Waals surface area contributed by atoms with Crippen molar-refractivity contribution < 1.29 is 28.7 Å². The van der Waals surface area contributed by atoms with Gasteiger partial charge in [0.05, 0.1) is 23.6 Å². The van der Waals surface area contributed by atoms with E-state index in [9.17, 15) is 19.2 Å². The van der Waals surface area contributed by atoms with Gasteiger partial charge in [-0.2, -0.15) is 0 Å². The number of hydrogen-bond donors (Lipinski definition) is 3. The van der Waals surface area contributed by atoms with E-state index in [1.165, 1.54) is 18.3 Å². The van der Waals surface area contributed by atoms with E-state index in [-0.39, 0.29) is 24.8 Å². The zero-order valence-corrected chi connectivity index (χ0v) is 19.3. The number of esters is 1. The van der Waals surface area contributed by atoms with Gasteiger partial charge in [-0.1, -0.05) is 11.6 Å². The second-order valence-corrected chi connectivity index (χ2v) is 8.85. The molecule has 1 saturated carbocycles. The molecule has 11 heteroatoms. The number of amides is 3. The molecule has 1 aliphatic rings. The normalized spacial score (nSPS) is 20.6. The molecular weight excluding hydrogens is 440 g/mol. The zero-order valence-electron chi connectivity index (χ0n) is 18.6. The van der Waals surface area contributed by atoms with Crippen molar-refractivity contribution >= 4 is 41.3 Å². The SMILES string of the molecule is CCOC(=O)[C@H]1CC[C@@H](NC(=O)C(=O)Nc2ccc(Cl)cn2)[C@H](NC(=O)OC(C)(C)C)C1. The van der Waals surface area contributed by atoms with Crippen LogP contribution in [0.2, 0.25) is 5.02 Å². The Bertz CT molecular complexity index is 840. The number of alkyl carbamates (subject to hydrolysis) is 1. The molecule has 0 aromatic carbocycles. The monoisotopic (exact) mass is 468 g/mol. The number of carbonyl (C=O) groups excluding carboxylic acids is 4. The summed E-state index contributed by atoms with van der Waals surface area (Å²) in [5.41, 5.74) is -0.719. The summed E-state index contributed by atoms with van der Waals surface area (Å²) in [4.78, 5) is 53.1. The van der Waals surface area contributed by atoms with Crippen LogP contribution in [0.4, 0.5) is 10.6 Å². The van der Waals surface area contributed by atoms with Gasteiger partial charge in [0.2, 0.25) is 0 Å². The third-order valence-corrected chi connectivity index (χ3v) is 4.89. The van der Waals surface area contributed by atoms with Gasteiger partial charge in [-0.25, -0.2) is 9.78 Å². The molecule has 0 saturated heterocycles. The number of nitrogens with zero attached hydrogens (tertiary/aromatic N) is 1. The van der Waals surface area contributed by atoms with Crippen molar-refractivity contribution in [3.05, 3.63) is 23.4 Å². The summed E-state index contributed by atoms with van der Waals surface area (Å²) in [7, 11) is 0. The first-order valence-electron chi connectivity index (χ1n) is 10.4. The Morgan fingerprint density at radius 3 is 2.41 bits per heavy atom. The Hall–Kier alpha value is -2.88. The van der Waals surface area contributed by atoms with E-state index in [4.69, 9.17) is 21.1 Å². The summed E-state index contributed by atoms with van der Waals surface area (Å²) < 4.78 is 10.4. The molecular formula is C21H29ClN4O6. The van der Waals surface area contributed by atoms with Crippen molar-refractivity contribution in [3.63, 3.8) is 0 Å². The second-order valence-electron chi connectivity index (χ2n) is 8.41. The molecule has 1 heterocycles. The molecule has 0 aliphatic heterocycles. The van der Waals surface area contributed by atoms with Gasteiger partial charge in [0.25, 0.3) is 0 Å². The van der Waals surface area contributed by atoms with Gasteiger partial charge < -0.3 is 25.4 Å². The molecule has 1 fully saturated rings. The number of pyridine rings is 1. The van der Waals surface area contributed by atoms with Crippen molar-refractivity contribution in [2.24, 2.45) is 5.92 Å². The van der Waals surface area contributed by atoms with E-state index in [1.807, 2.05) is 0 Å². The molecule has 1 aromatic heterocycles. The highest BCUT2D eigenvalue weighted by molar-refractivity contribution is 6.39. The number of ether oxygens (including phenoxy) is 2. The van der Waals surface area contributed by atoms with Crippen molar-refractivity contribution in [2.75, 3.05) is 11.9 Å². The van der Waals surface area contributed by atoms with Crippen LogP contribution in [0.15, 0.2) is 18.3 Å². The van der Waals surface area contributed by atoms with Gasteiger partial charge in [-0.15, -0.1) is 0 Å². The number of aromatic nitrogens is 1. The molecule has 1 aliphatic carbocycles. The molecule has 3 atom stereocenters. The van der Waals surface area contributed by atoms with Crippen LogP contribution in [0.5, 0.6) is 0 Å². The number of hydrogen-bond acceptors (Lipinski definition) is 7.